The van der Waals surface area contributed by atoms with Gasteiger partial charge >= 0.3 is 0 Å². The van der Waals surface area contributed by atoms with E-state index in [1.54, 1.807) is 6.07 Å². The van der Waals surface area contributed by atoms with Crippen molar-refractivity contribution in [1.82, 2.24) is 0 Å². The summed E-state index contributed by atoms with van der Waals surface area (Å²) in [6.07, 6.45) is 0. The molecule has 0 saturated carbocycles. The van der Waals surface area contributed by atoms with Gasteiger partial charge in [-0.25, -0.2) is 13.6 Å². The zero-order valence-electron chi connectivity index (χ0n) is 9.80. The van der Waals surface area contributed by atoms with E-state index in [1.165, 1.54) is 12.1 Å². The first kappa shape index (κ1) is 13.9. The Morgan fingerprint density at radius 3 is 2.32 bits per heavy atom. The van der Waals surface area contributed by atoms with E-state index in [1.807, 2.05) is 24.3 Å². The number of nitrogen functional groups attached to an aromatic ring is 1. The lowest BCUT2D eigenvalue weighted by atomic mass is 10.2. The van der Waals surface area contributed by atoms with Crippen LogP contribution >= 0.6 is 15.9 Å². The largest absolute Gasteiger partial charge is 0.397 e. The van der Waals surface area contributed by atoms with Crippen molar-refractivity contribution in [2.24, 2.45) is 5.14 Å². The van der Waals surface area contributed by atoms with Crippen molar-refractivity contribution < 1.29 is 8.42 Å². The third-order valence-electron chi connectivity index (χ3n) is 2.49. The van der Waals surface area contributed by atoms with Gasteiger partial charge in [0.15, 0.2) is 0 Å². The molecule has 5 N–H and O–H groups in total. The molecule has 0 saturated heterocycles. The molecular formula is C12H12BrN3O2S. The van der Waals surface area contributed by atoms with E-state index in [2.05, 4.69) is 21.2 Å². The minimum absolute atomic E-state index is 0.0114. The van der Waals surface area contributed by atoms with Gasteiger partial charge < -0.3 is 11.1 Å². The molecule has 2 aromatic carbocycles. The molecule has 0 heterocycles. The Labute approximate surface area is 119 Å². The van der Waals surface area contributed by atoms with E-state index in [4.69, 9.17) is 10.9 Å². The number of nitrogens with one attached hydrogen (secondary N) is 1. The molecule has 19 heavy (non-hydrogen) atoms. The molecule has 0 radical (unpaired) electrons. The second-order valence-corrected chi connectivity index (χ2v) is 6.31. The van der Waals surface area contributed by atoms with Crippen molar-refractivity contribution in [2.45, 2.75) is 4.90 Å². The normalized spacial score (nSPS) is 11.3. The number of para-hydroxylation sites is 1. The van der Waals surface area contributed by atoms with Crippen LogP contribution in [0.1, 0.15) is 0 Å². The van der Waals surface area contributed by atoms with E-state index in [9.17, 15) is 8.42 Å². The van der Waals surface area contributed by atoms with Crippen LogP contribution in [0.2, 0.25) is 0 Å². The number of sulfonamides is 1. The molecule has 0 aliphatic heterocycles. The van der Waals surface area contributed by atoms with E-state index < -0.39 is 10.0 Å². The van der Waals surface area contributed by atoms with Gasteiger partial charge in [-0.05, 0) is 46.3 Å². The molecule has 0 unspecified atom stereocenters. The van der Waals surface area contributed by atoms with Gasteiger partial charge in [-0.15, -0.1) is 0 Å². The second-order valence-electron chi connectivity index (χ2n) is 3.90. The zero-order valence-corrected chi connectivity index (χ0v) is 12.2. The third kappa shape index (κ3) is 3.25. The number of primary sulfonamides is 1. The summed E-state index contributed by atoms with van der Waals surface area (Å²) < 4.78 is 23.3. The van der Waals surface area contributed by atoms with Crippen LogP contribution in [-0.2, 0) is 10.0 Å². The quantitative estimate of drug-likeness (QED) is 0.746. The molecule has 0 bridgehead atoms. The highest BCUT2D eigenvalue weighted by atomic mass is 79.9. The monoisotopic (exact) mass is 341 g/mol. The van der Waals surface area contributed by atoms with Crippen LogP contribution in [0.15, 0.2) is 51.8 Å². The van der Waals surface area contributed by atoms with Gasteiger partial charge in [0, 0.05) is 4.47 Å². The topological polar surface area (TPSA) is 98.2 Å². The van der Waals surface area contributed by atoms with Gasteiger partial charge in [-0.1, -0.05) is 12.1 Å². The maximum Gasteiger partial charge on any atom is 0.238 e. The molecule has 0 atom stereocenters. The van der Waals surface area contributed by atoms with Crippen molar-refractivity contribution >= 4 is 43.0 Å². The lowest BCUT2D eigenvalue weighted by Crippen LogP contribution is -2.12. The molecule has 0 fully saturated rings. The van der Waals surface area contributed by atoms with Gasteiger partial charge in [-0.3, -0.25) is 0 Å². The van der Waals surface area contributed by atoms with Crippen LogP contribution in [0.4, 0.5) is 17.1 Å². The van der Waals surface area contributed by atoms with Crippen LogP contribution in [0.3, 0.4) is 0 Å². The van der Waals surface area contributed by atoms with E-state index in [-0.39, 0.29) is 4.90 Å². The van der Waals surface area contributed by atoms with Gasteiger partial charge in [-0.2, -0.15) is 0 Å². The molecule has 5 nitrogen and oxygen atoms in total. The number of hydrogen-bond donors (Lipinski definition) is 3. The van der Waals surface area contributed by atoms with Crippen LogP contribution in [0.25, 0.3) is 0 Å². The fraction of sp³-hybridized carbons (Fsp3) is 0. The van der Waals surface area contributed by atoms with Gasteiger partial charge in [0.25, 0.3) is 0 Å². The SMILES string of the molecule is Nc1cc(S(N)(=O)=O)ccc1Nc1ccccc1Br. The predicted octanol–water partition coefficient (Wildman–Crippen LogP) is 2.42. The summed E-state index contributed by atoms with van der Waals surface area (Å²) in [4.78, 5) is -0.0114. The van der Waals surface area contributed by atoms with Crippen LogP contribution in [-0.4, -0.2) is 8.42 Å². The highest BCUT2D eigenvalue weighted by Gasteiger charge is 2.10. The summed E-state index contributed by atoms with van der Waals surface area (Å²) in [5, 5.41) is 8.15. The summed E-state index contributed by atoms with van der Waals surface area (Å²) in [6, 6.07) is 11.8. The molecule has 0 aromatic heterocycles. The van der Waals surface area contributed by atoms with E-state index in [0.717, 1.165) is 10.2 Å². The fourth-order valence-corrected chi connectivity index (χ4v) is 2.47. The Bertz CT molecular complexity index is 717. The Morgan fingerprint density at radius 2 is 1.74 bits per heavy atom. The number of nitrogens with two attached hydrogens (primary N) is 2. The Kier molecular flexibility index (Phi) is 3.79. The molecular weight excluding hydrogens is 330 g/mol. The van der Waals surface area contributed by atoms with Crippen molar-refractivity contribution in [3.63, 3.8) is 0 Å². The van der Waals surface area contributed by atoms with E-state index >= 15 is 0 Å². The predicted molar refractivity (Wildman–Crippen MR) is 79.7 cm³/mol. The highest BCUT2D eigenvalue weighted by Crippen LogP contribution is 2.29. The van der Waals surface area contributed by atoms with E-state index in [0.29, 0.717) is 11.4 Å². The highest BCUT2D eigenvalue weighted by molar-refractivity contribution is 9.10. The summed E-state index contributed by atoms with van der Waals surface area (Å²) in [6.45, 7) is 0. The van der Waals surface area contributed by atoms with Crippen molar-refractivity contribution in [2.75, 3.05) is 11.1 Å². The van der Waals surface area contributed by atoms with Crippen molar-refractivity contribution in [3.8, 4) is 0 Å². The smallest absolute Gasteiger partial charge is 0.238 e. The Morgan fingerprint density at radius 1 is 1.05 bits per heavy atom. The first-order valence-corrected chi connectivity index (χ1v) is 7.66. The first-order chi connectivity index (χ1) is 8.88. The zero-order chi connectivity index (χ0) is 14.0. The minimum Gasteiger partial charge on any atom is -0.397 e. The molecule has 2 aromatic rings. The molecule has 2 rings (SSSR count). The average molecular weight is 342 g/mol. The lowest BCUT2D eigenvalue weighted by Gasteiger charge is -2.11. The molecule has 0 amide bonds. The van der Waals surface area contributed by atoms with Gasteiger partial charge in [0.2, 0.25) is 10.0 Å². The first-order valence-electron chi connectivity index (χ1n) is 5.32. The lowest BCUT2D eigenvalue weighted by molar-refractivity contribution is 0.598. The van der Waals surface area contributed by atoms with Crippen LogP contribution in [0.5, 0.6) is 0 Å². The number of rotatable bonds is 3. The van der Waals surface area contributed by atoms with Gasteiger partial charge in [0.05, 0.1) is 22.0 Å². The third-order valence-corrected chi connectivity index (χ3v) is 4.10. The standard InChI is InChI=1S/C12H12BrN3O2S/c13-9-3-1-2-4-11(9)16-12-6-5-8(7-10(12)14)19(15,17)18/h1-7,16H,14H2,(H2,15,17,18). The molecule has 0 spiro atoms. The minimum atomic E-state index is -3.74. The number of anilines is 3. The molecule has 0 aliphatic rings. The average Bonchev–Trinajstić information content (AvgIpc) is 2.33. The molecule has 7 heteroatoms. The Balaban J connectivity index is 2.36. The molecule has 0 aliphatic carbocycles. The Hall–Kier alpha value is -1.57. The maximum atomic E-state index is 11.2. The number of benzene rings is 2. The van der Waals surface area contributed by atoms with Crippen molar-refractivity contribution in [3.05, 3.63) is 46.9 Å². The fourth-order valence-electron chi connectivity index (χ4n) is 1.54. The summed E-state index contributed by atoms with van der Waals surface area (Å²) in [5.41, 5.74) is 7.57. The number of hydrogen-bond acceptors (Lipinski definition) is 4. The maximum absolute atomic E-state index is 11.2. The van der Waals surface area contributed by atoms with Crippen LogP contribution in [0, 0.1) is 0 Å². The summed E-state index contributed by atoms with van der Waals surface area (Å²) in [5.74, 6) is 0. The van der Waals surface area contributed by atoms with Gasteiger partial charge in [0.1, 0.15) is 0 Å². The summed E-state index contributed by atoms with van der Waals surface area (Å²) in [7, 11) is -3.74. The number of halogens is 1. The molecule has 100 valence electrons. The van der Waals surface area contributed by atoms with Crippen LogP contribution < -0.4 is 16.2 Å². The van der Waals surface area contributed by atoms with Crippen molar-refractivity contribution in [1.29, 1.82) is 0 Å². The summed E-state index contributed by atoms with van der Waals surface area (Å²) >= 11 is 3.41. The second kappa shape index (κ2) is 5.20.